The fourth-order valence-corrected chi connectivity index (χ4v) is 0.701. The summed E-state index contributed by atoms with van der Waals surface area (Å²) in [4.78, 5) is 10.2. The van der Waals surface area contributed by atoms with Crippen LogP contribution in [0.4, 0.5) is 0 Å². The van der Waals surface area contributed by atoms with Crippen molar-refractivity contribution in [3.63, 3.8) is 0 Å². The molecular formula is C9H15O2-. The van der Waals surface area contributed by atoms with Gasteiger partial charge < -0.3 is 9.90 Å². The minimum Gasteiger partial charge on any atom is -0.550 e. The van der Waals surface area contributed by atoms with Crippen molar-refractivity contribution in [3.05, 3.63) is 12.2 Å². The molecule has 0 rings (SSSR count). The predicted molar refractivity (Wildman–Crippen MR) is 42.8 cm³/mol. The van der Waals surface area contributed by atoms with Crippen molar-refractivity contribution in [2.45, 2.75) is 33.1 Å². The molecule has 0 saturated carbocycles. The monoisotopic (exact) mass is 155 g/mol. The summed E-state index contributed by atoms with van der Waals surface area (Å²) in [6.07, 6.45) is 6.82. The number of hydrogen-bond acceptors (Lipinski definition) is 2. The maximum absolute atomic E-state index is 10.2. The third-order valence-electron chi connectivity index (χ3n) is 1.52. The van der Waals surface area contributed by atoms with Crippen molar-refractivity contribution in [1.82, 2.24) is 0 Å². The molecule has 0 aromatic carbocycles. The number of carboxylic acid groups (broad SMARTS) is 1. The lowest BCUT2D eigenvalue weighted by Gasteiger charge is -2.05. The second kappa shape index (κ2) is 5.96. The summed E-state index contributed by atoms with van der Waals surface area (Å²) >= 11 is 0. The topological polar surface area (TPSA) is 40.1 Å². The van der Waals surface area contributed by atoms with E-state index in [4.69, 9.17) is 0 Å². The lowest BCUT2D eigenvalue weighted by Crippen LogP contribution is -2.28. The largest absolute Gasteiger partial charge is 0.550 e. The van der Waals surface area contributed by atoms with Gasteiger partial charge in [0.05, 0.1) is 0 Å². The van der Waals surface area contributed by atoms with Crippen molar-refractivity contribution in [2.24, 2.45) is 5.92 Å². The summed E-state index contributed by atoms with van der Waals surface area (Å²) < 4.78 is 0. The standard InChI is InChI=1S/C9H16O2/c1-3-4-5-6-7-8(2)9(10)11/h6-8H,3-5H2,1-2H3,(H,10,11)/p-1. The van der Waals surface area contributed by atoms with E-state index in [1.165, 1.54) is 0 Å². The molecule has 0 fully saturated rings. The lowest BCUT2D eigenvalue weighted by molar-refractivity contribution is -0.309. The Morgan fingerprint density at radius 2 is 2.27 bits per heavy atom. The molecule has 64 valence electrons. The number of unbranched alkanes of at least 4 members (excludes halogenated alkanes) is 2. The first kappa shape index (κ1) is 10.2. The summed E-state index contributed by atoms with van der Waals surface area (Å²) in [6, 6.07) is 0. The number of rotatable bonds is 5. The van der Waals surface area contributed by atoms with Crippen LogP contribution >= 0.6 is 0 Å². The first-order chi connectivity index (χ1) is 5.18. The number of hydrogen-bond donors (Lipinski definition) is 0. The van der Waals surface area contributed by atoms with Crippen LogP contribution in [0.3, 0.4) is 0 Å². The van der Waals surface area contributed by atoms with E-state index in [1.807, 2.05) is 6.08 Å². The van der Waals surface area contributed by atoms with Crippen LogP contribution in [0.25, 0.3) is 0 Å². The summed E-state index contributed by atoms with van der Waals surface area (Å²) in [7, 11) is 0. The SMILES string of the molecule is CCCCC=CC(C)C(=O)[O-]. The highest BCUT2D eigenvalue weighted by atomic mass is 16.4. The van der Waals surface area contributed by atoms with Crippen molar-refractivity contribution in [2.75, 3.05) is 0 Å². The molecule has 0 heterocycles. The highest BCUT2D eigenvalue weighted by molar-refractivity contribution is 5.69. The summed E-state index contributed by atoms with van der Waals surface area (Å²) in [5.41, 5.74) is 0. The van der Waals surface area contributed by atoms with Crippen molar-refractivity contribution >= 4 is 5.97 Å². The van der Waals surface area contributed by atoms with Crippen LogP contribution in [0.5, 0.6) is 0 Å². The van der Waals surface area contributed by atoms with E-state index in [0.717, 1.165) is 19.3 Å². The zero-order valence-corrected chi connectivity index (χ0v) is 7.17. The molecule has 2 nitrogen and oxygen atoms in total. The van der Waals surface area contributed by atoms with Crippen LogP contribution < -0.4 is 5.11 Å². The van der Waals surface area contributed by atoms with Crippen LogP contribution in [0.2, 0.25) is 0 Å². The molecule has 0 aliphatic heterocycles. The highest BCUT2D eigenvalue weighted by Gasteiger charge is 1.94. The molecule has 0 bridgehead atoms. The van der Waals surface area contributed by atoms with E-state index in [2.05, 4.69) is 6.92 Å². The summed E-state index contributed by atoms with van der Waals surface area (Å²) in [5, 5.41) is 10.2. The molecule has 0 aromatic heterocycles. The zero-order chi connectivity index (χ0) is 8.69. The van der Waals surface area contributed by atoms with E-state index in [-0.39, 0.29) is 0 Å². The molecule has 0 saturated heterocycles. The number of allylic oxidation sites excluding steroid dienone is 1. The van der Waals surface area contributed by atoms with E-state index in [1.54, 1.807) is 13.0 Å². The van der Waals surface area contributed by atoms with Crippen LogP contribution in [-0.4, -0.2) is 5.97 Å². The lowest BCUT2D eigenvalue weighted by atomic mass is 10.1. The van der Waals surface area contributed by atoms with Gasteiger partial charge >= 0.3 is 0 Å². The van der Waals surface area contributed by atoms with Gasteiger partial charge in [-0.05, 0) is 6.42 Å². The van der Waals surface area contributed by atoms with Gasteiger partial charge in [-0.1, -0.05) is 38.8 Å². The molecule has 0 amide bonds. The first-order valence-corrected chi connectivity index (χ1v) is 4.06. The van der Waals surface area contributed by atoms with E-state index < -0.39 is 11.9 Å². The Morgan fingerprint density at radius 1 is 1.64 bits per heavy atom. The van der Waals surface area contributed by atoms with Gasteiger partial charge in [0.15, 0.2) is 0 Å². The van der Waals surface area contributed by atoms with E-state index in [9.17, 15) is 9.90 Å². The molecule has 0 radical (unpaired) electrons. The molecule has 1 atom stereocenters. The smallest absolute Gasteiger partial charge is 0.0480 e. The maximum Gasteiger partial charge on any atom is 0.0480 e. The third-order valence-corrected chi connectivity index (χ3v) is 1.52. The van der Waals surface area contributed by atoms with Crippen molar-refractivity contribution < 1.29 is 9.90 Å². The Bertz CT molecular complexity index is 138. The summed E-state index contributed by atoms with van der Waals surface area (Å²) in [6.45, 7) is 3.73. The Balaban J connectivity index is 3.48. The van der Waals surface area contributed by atoms with E-state index >= 15 is 0 Å². The third kappa shape index (κ3) is 5.64. The summed E-state index contributed by atoms with van der Waals surface area (Å²) in [5.74, 6) is -1.45. The minimum atomic E-state index is -1.00. The van der Waals surface area contributed by atoms with Gasteiger partial charge in [-0.3, -0.25) is 0 Å². The van der Waals surface area contributed by atoms with Gasteiger partial charge in [0.2, 0.25) is 0 Å². The Hall–Kier alpha value is -0.790. The zero-order valence-electron chi connectivity index (χ0n) is 7.17. The highest BCUT2D eigenvalue weighted by Crippen LogP contribution is 1.99. The predicted octanol–water partition coefficient (Wildman–Crippen LogP) is 1.12. The molecule has 0 aromatic rings. The van der Waals surface area contributed by atoms with Crippen LogP contribution in [0.15, 0.2) is 12.2 Å². The normalized spacial score (nSPS) is 13.6. The van der Waals surface area contributed by atoms with Crippen molar-refractivity contribution in [3.8, 4) is 0 Å². The van der Waals surface area contributed by atoms with Crippen LogP contribution in [-0.2, 0) is 4.79 Å². The fourth-order valence-electron chi connectivity index (χ4n) is 0.701. The Kier molecular flexibility index (Phi) is 5.53. The fraction of sp³-hybridized carbons (Fsp3) is 0.667. The Labute approximate surface area is 67.9 Å². The molecule has 0 aliphatic carbocycles. The van der Waals surface area contributed by atoms with Gasteiger partial charge in [-0.15, -0.1) is 0 Å². The van der Waals surface area contributed by atoms with Gasteiger partial charge in [0, 0.05) is 11.9 Å². The van der Waals surface area contributed by atoms with Gasteiger partial charge in [0.1, 0.15) is 0 Å². The second-order valence-corrected chi connectivity index (χ2v) is 2.68. The van der Waals surface area contributed by atoms with Crippen LogP contribution in [0.1, 0.15) is 33.1 Å². The average Bonchev–Trinajstić information content (AvgIpc) is 1.97. The average molecular weight is 155 g/mol. The second-order valence-electron chi connectivity index (χ2n) is 2.68. The molecule has 0 spiro atoms. The molecular weight excluding hydrogens is 140 g/mol. The molecule has 0 aliphatic rings. The number of carbonyl (C=O) groups excluding carboxylic acids is 1. The molecule has 11 heavy (non-hydrogen) atoms. The minimum absolute atomic E-state index is 0.452. The first-order valence-electron chi connectivity index (χ1n) is 4.06. The molecule has 0 N–H and O–H groups in total. The van der Waals surface area contributed by atoms with Crippen molar-refractivity contribution in [1.29, 1.82) is 0 Å². The quantitative estimate of drug-likeness (QED) is 0.441. The van der Waals surface area contributed by atoms with E-state index in [0.29, 0.717) is 0 Å². The number of carbonyl (C=O) groups is 1. The molecule has 2 heteroatoms. The number of carboxylic acids is 1. The van der Waals surface area contributed by atoms with Gasteiger partial charge in [0.25, 0.3) is 0 Å². The van der Waals surface area contributed by atoms with Gasteiger partial charge in [-0.25, -0.2) is 0 Å². The van der Waals surface area contributed by atoms with Crippen LogP contribution in [0, 0.1) is 5.92 Å². The van der Waals surface area contributed by atoms with Gasteiger partial charge in [-0.2, -0.15) is 0 Å². The Morgan fingerprint density at radius 3 is 2.73 bits per heavy atom. The number of aliphatic carboxylic acids is 1. The molecule has 1 unspecified atom stereocenters. The maximum atomic E-state index is 10.2.